The van der Waals surface area contributed by atoms with E-state index in [2.05, 4.69) is 33.7 Å². The van der Waals surface area contributed by atoms with Crippen LogP contribution in [-0.4, -0.2) is 16.7 Å². The van der Waals surface area contributed by atoms with Crippen molar-refractivity contribution in [2.45, 2.75) is 6.42 Å². The lowest BCUT2D eigenvalue weighted by atomic mass is 10.0. The van der Waals surface area contributed by atoms with E-state index in [9.17, 15) is 0 Å². The average Bonchev–Trinajstić information content (AvgIpc) is 2.48. The van der Waals surface area contributed by atoms with Crippen LogP contribution in [0.2, 0.25) is 0 Å². The van der Waals surface area contributed by atoms with E-state index in [1.54, 1.807) is 6.20 Å². The van der Waals surface area contributed by atoms with Crippen molar-refractivity contribution in [1.82, 2.24) is 10.2 Å². The fourth-order valence-corrected chi connectivity index (χ4v) is 1.98. The Morgan fingerprint density at radius 2 is 2.00 bits per heavy atom. The molecule has 3 heteroatoms. The monoisotopic (exact) mass is 197 g/mol. The summed E-state index contributed by atoms with van der Waals surface area (Å²) in [6.45, 7) is 0.919. The SMILES string of the molecule is c1ccc2c(c1)NCCc1nnccc1-2. The Balaban J connectivity index is 2.27. The second kappa shape index (κ2) is 3.35. The topological polar surface area (TPSA) is 37.8 Å². The van der Waals surface area contributed by atoms with Gasteiger partial charge in [0, 0.05) is 29.8 Å². The number of anilines is 1. The maximum absolute atomic E-state index is 4.19. The van der Waals surface area contributed by atoms with Gasteiger partial charge in [-0.15, -0.1) is 0 Å². The van der Waals surface area contributed by atoms with Crippen molar-refractivity contribution in [1.29, 1.82) is 0 Å². The summed E-state index contributed by atoms with van der Waals surface area (Å²) < 4.78 is 0. The first-order chi connectivity index (χ1) is 7.45. The van der Waals surface area contributed by atoms with Crippen LogP contribution in [0.3, 0.4) is 0 Å². The van der Waals surface area contributed by atoms with Gasteiger partial charge in [-0.25, -0.2) is 0 Å². The number of nitrogens with zero attached hydrogens (tertiary/aromatic N) is 2. The Labute approximate surface area is 88.2 Å². The maximum atomic E-state index is 4.19. The third kappa shape index (κ3) is 1.36. The molecule has 0 unspecified atom stereocenters. The van der Waals surface area contributed by atoms with Crippen LogP contribution in [0, 0.1) is 0 Å². The molecule has 0 radical (unpaired) electrons. The Hall–Kier alpha value is -1.90. The summed E-state index contributed by atoms with van der Waals surface area (Å²) >= 11 is 0. The van der Waals surface area contributed by atoms with Gasteiger partial charge < -0.3 is 5.32 Å². The van der Waals surface area contributed by atoms with Gasteiger partial charge in [0.05, 0.1) is 11.9 Å². The molecule has 0 spiro atoms. The predicted molar refractivity (Wildman–Crippen MR) is 59.7 cm³/mol. The molecule has 3 rings (SSSR count). The summed E-state index contributed by atoms with van der Waals surface area (Å²) in [5.41, 5.74) is 4.68. The zero-order valence-electron chi connectivity index (χ0n) is 8.27. The predicted octanol–water partition coefficient (Wildman–Crippen LogP) is 2.11. The lowest BCUT2D eigenvalue weighted by Crippen LogP contribution is -2.03. The molecule has 74 valence electrons. The number of hydrogen-bond donors (Lipinski definition) is 1. The fourth-order valence-electron chi connectivity index (χ4n) is 1.98. The highest BCUT2D eigenvalue weighted by Gasteiger charge is 2.13. The smallest absolute Gasteiger partial charge is 0.0727 e. The zero-order valence-corrected chi connectivity index (χ0v) is 8.27. The lowest BCUT2D eigenvalue weighted by molar-refractivity contribution is 0.898. The number of hydrogen-bond acceptors (Lipinski definition) is 3. The van der Waals surface area contributed by atoms with E-state index < -0.39 is 0 Å². The van der Waals surface area contributed by atoms with Crippen LogP contribution in [0.5, 0.6) is 0 Å². The molecule has 1 aliphatic rings. The number of aromatic nitrogens is 2. The van der Waals surface area contributed by atoms with E-state index in [1.807, 2.05) is 12.1 Å². The van der Waals surface area contributed by atoms with Crippen molar-refractivity contribution in [3.8, 4) is 11.1 Å². The van der Waals surface area contributed by atoms with E-state index >= 15 is 0 Å². The van der Waals surface area contributed by atoms with Gasteiger partial charge in [-0.2, -0.15) is 10.2 Å². The lowest BCUT2D eigenvalue weighted by Gasteiger charge is -2.07. The zero-order chi connectivity index (χ0) is 10.1. The molecule has 2 heterocycles. The van der Waals surface area contributed by atoms with Crippen molar-refractivity contribution in [2.75, 3.05) is 11.9 Å². The highest BCUT2D eigenvalue weighted by atomic mass is 15.1. The van der Waals surface area contributed by atoms with Gasteiger partial charge in [0.25, 0.3) is 0 Å². The number of benzene rings is 1. The number of fused-ring (bicyclic) bond motifs is 3. The van der Waals surface area contributed by atoms with E-state index in [0.29, 0.717) is 0 Å². The summed E-state index contributed by atoms with van der Waals surface area (Å²) in [6, 6.07) is 10.4. The molecule has 1 aromatic carbocycles. The van der Waals surface area contributed by atoms with E-state index in [4.69, 9.17) is 0 Å². The summed E-state index contributed by atoms with van der Waals surface area (Å²) in [6.07, 6.45) is 2.68. The second-order valence-electron chi connectivity index (χ2n) is 3.61. The quantitative estimate of drug-likeness (QED) is 0.703. The van der Waals surface area contributed by atoms with Crippen molar-refractivity contribution >= 4 is 5.69 Å². The number of rotatable bonds is 0. The molecule has 0 aliphatic carbocycles. The summed E-state index contributed by atoms with van der Waals surface area (Å²) in [5, 5.41) is 11.5. The van der Waals surface area contributed by atoms with E-state index in [-0.39, 0.29) is 0 Å². The minimum absolute atomic E-state index is 0.919. The van der Waals surface area contributed by atoms with Crippen LogP contribution in [0.4, 0.5) is 5.69 Å². The summed E-state index contributed by atoms with van der Waals surface area (Å²) in [4.78, 5) is 0. The first-order valence-electron chi connectivity index (χ1n) is 5.09. The molecular formula is C12H11N3. The molecule has 0 saturated carbocycles. The second-order valence-corrected chi connectivity index (χ2v) is 3.61. The van der Waals surface area contributed by atoms with Crippen molar-refractivity contribution < 1.29 is 0 Å². The first kappa shape index (κ1) is 8.41. The molecule has 15 heavy (non-hydrogen) atoms. The average molecular weight is 197 g/mol. The third-order valence-electron chi connectivity index (χ3n) is 2.69. The van der Waals surface area contributed by atoms with Crippen LogP contribution in [0.1, 0.15) is 5.69 Å². The van der Waals surface area contributed by atoms with Crippen LogP contribution >= 0.6 is 0 Å². The largest absolute Gasteiger partial charge is 0.384 e. The van der Waals surface area contributed by atoms with E-state index in [1.165, 1.54) is 16.8 Å². The molecule has 0 saturated heterocycles. The minimum Gasteiger partial charge on any atom is -0.384 e. The molecule has 0 amide bonds. The maximum Gasteiger partial charge on any atom is 0.0727 e. The van der Waals surface area contributed by atoms with Gasteiger partial charge in [0.15, 0.2) is 0 Å². The van der Waals surface area contributed by atoms with Crippen molar-refractivity contribution in [3.05, 3.63) is 42.2 Å². The molecule has 0 fully saturated rings. The Morgan fingerprint density at radius 1 is 1.07 bits per heavy atom. The van der Waals surface area contributed by atoms with Crippen LogP contribution in [0.15, 0.2) is 36.5 Å². The van der Waals surface area contributed by atoms with Crippen LogP contribution < -0.4 is 5.32 Å². The van der Waals surface area contributed by atoms with Gasteiger partial charge in [-0.1, -0.05) is 18.2 Å². The Kier molecular flexibility index (Phi) is 1.88. The highest BCUT2D eigenvalue weighted by molar-refractivity contribution is 5.79. The van der Waals surface area contributed by atoms with Gasteiger partial charge >= 0.3 is 0 Å². The molecule has 0 atom stereocenters. The number of nitrogens with one attached hydrogen (secondary N) is 1. The molecular weight excluding hydrogens is 186 g/mol. The van der Waals surface area contributed by atoms with Gasteiger partial charge in [-0.05, 0) is 12.1 Å². The molecule has 3 nitrogen and oxygen atoms in total. The van der Waals surface area contributed by atoms with Crippen molar-refractivity contribution in [2.24, 2.45) is 0 Å². The van der Waals surface area contributed by atoms with Crippen LogP contribution in [0.25, 0.3) is 11.1 Å². The fraction of sp³-hybridized carbons (Fsp3) is 0.167. The summed E-state index contributed by atoms with van der Waals surface area (Å²) in [5.74, 6) is 0. The third-order valence-corrected chi connectivity index (χ3v) is 2.69. The molecule has 1 aromatic heterocycles. The van der Waals surface area contributed by atoms with Gasteiger partial charge in [-0.3, -0.25) is 0 Å². The summed E-state index contributed by atoms with van der Waals surface area (Å²) in [7, 11) is 0. The molecule has 1 aliphatic heterocycles. The van der Waals surface area contributed by atoms with Gasteiger partial charge in [0.2, 0.25) is 0 Å². The molecule has 1 N–H and O–H groups in total. The number of para-hydroxylation sites is 1. The van der Waals surface area contributed by atoms with Crippen LogP contribution in [-0.2, 0) is 6.42 Å². The highest BCUT2D eigenvalue weighted by Crippen LogP contribution is 2.31. The Bertz CT molecular complexity index is 448. The molecule has 0 bridgehead atoms. The van der Waals surface area contributed by atoms with E-state index in [0.717, 1.165) is 18.7 Å². The van der Waals surface area contributed by atoms with Gasteiger partial charge in [0.1, 0.15) is 0 Å². The first-order valence-corrected chi connectivity index (χ1v) is 5.09. The normalized spacial score (nSPS) is 13.3. The Morgan fingerprint density at radius 3 is 3.00 bits per heavy atom. The minimum atomic E-state index is 0.919. The van der Waals surface area contributed by atoms with Crippen molar-refractivity contribution in [3.63, 3.8) is 0 Å². The molecule has 2 aromatic rings. The standard InChI is InChI=1S/C12H11N3/c1-2-4-11-9(3-1)10-5-8-14-15-12(10)6-7-13-11/h1-5,8,13H,6-7H2.